The molecule has 1 heterocycles. The van der Waals surface area contributed by atoms with Crippen molar-refractivity contribution >= 4 is 35.6 Å². The molecule has 1 saturated heterocycles. The van der Waals surface area contributed by atoms with Gasteiger partial charge in [-0.2, -0.15) is 0 Å². The monoisotopic (exact) mass is 1300 g/mol. The molecule has 0 aromatic heterocycles. The van der Waals surface area contributed by atoms with Crippen LogP contribution in [0.5, 0.6) is 0 Å². The largest absolute Gasteiger partial charge is 0.459 e. The highest BCUT2D eigenvalue weighted by molar-refractivity contribution is 5.95. The Morgan fingerprint density at radius 2 is 1.51 bits per heavy atom. The first-order valence-corrected chi connectivity index (χ1v) is 34.5. The molecule has 4 unspecified atom stereocenters. The summed E-state index contributed by atoms with van der Waals surface area (Å²) < 4.78 is 56.2. The summed E-state index contributed by atoms with van der Waals surface area (Å²) in [4.78, 5) is 88.1. The highest BCUT2D eigenvalue weighted by Gasteiger charge is 2.78. The predicted octanol–water partition coefficient (Wildman–Crippen LogP) is 11.8. The summed E-state index contributed by atoms with van der Waals surface area (Å²) in [6, 6.07) is 15.1. The van der Waals surface area contributed by atoms with Crippen LogP contribution in [0.1, 0.15) is 195 Å². The number of rotatable bonds is 21. The van der Waals surface area contributed by atoms with Crippen LogP contribution in [0.15, 0.2) is 95.6 Å². The number of aliphatic hydroxyl groups is 2. The smallest absolute Gasteiger partial charge is 0.350 e. The van der Waals surface area contributed by atoms with Crippen LogP contribution in [0.4, 0.5) is 0 Å². The van der Waals surface area contributed by atoms with Gasteiger partial charge in [-0.15, -0.1) is 0 Å². The molecule has 0 radical (unpaired) electrons. The molecular formula is C76H105NO17. The summed E-state index contributed by atoms with van der Waals surface area (Å²) >= 11 is 0. The number of ketones is 1. The molecule has 1 aliphatic heterocycles. The van der Waals surface area contributed by atoms with Gasteiger partial charge >= 0.3 is 29.8 Å². The first-order chi connectivity index (χ1) is 44.3. The van der Waals surface area contributed by atoms with Crippen molar-refractivity contribution in [2.45, 2.75) is 245 Å². The number of benzene rings is 2. The number of carbonyl (C=O) groups is 6. The van der Waals surface area contributed by atoms with Crippen LogP contribution in [0, 0.1) is 63.1 Å². The Morgan fingerprint density at radius 3 is 2.14 bits per heavy atom. The molecular weight excluding hydrogens is 1200 g/mol. The number of ether oxygens (including phenoxy) is 9. The summed E-state index contributed by atoms with van der Waals surface area (Å²) in [6.45, 7) is 25.0. The van der Waals surface area contributed by atoms with E-state index in [1.165, 1.54) is 71.7 Å². The van der Waals surface area contributed by atoms with Crippen molar-refractivity contribution in [3.8, 4) is 0 Å². The van der Waals surface area contributed by atoms with Crippen LogP contribution in [0.25, 0.3) is 0 Å². The third-order valence-electron chi connectivity index (χ3n) is 24.3. The van der Waals surface area contributed by atoms with Crippen LogP contribution in [-0.2, 0) is 66.6 Å². The number of hydrogen-bond donors (Lipinski definition) is 3. The second-order valence-corrected chi connectivity index (χ2v) is 31.4. The van der Waals surface area contributed by atoms with Crippen molar-refractivity contribution in [3.63, 3.8) is 0 Å². The number of nitrogens with one attached hydrogen (secondary N) is 1. The lowest BCUT2D eigenvalue weighted by Crippen LogP contribution is -2.82. The fourth-order valence-corrected chi connectivity index (χ4v) is 19.5. The minimum Gasteiger partial charge on any atom is -0.459 e. The van der Waals surface area contributed by atoms with Crippen LogP contribution in [-0.4, -0.2) is 133 Å². The minimum atomic E-state index is -2.33. The first kappa shape index (κ1) is 71.2. The van der Waals surface area contributed by atoms with Crippen molar-refractivity contribution < 1.29 is 81.6 Å². The number of aliphatic hydroxyl groups excluding tert-OH is 1. The summed E-state index contributed by atoms with van der Waals surface area (Å²) in [6.07, 6.45) is 5.41. The molecule has 516 valence electrons. The SMILES string of the molecule is CO[C@H]1C(=O)[C@]2(C)[C@@H](OC)C[C@H]3OC[C@@]3(OC(C)=O)[C@H]2[C@H](OC(=O)c2ccccc2)[C@]2(O)C[C@H](OC(=O)[C@H](OC(=O)/C=C/C(=O)O[C@H]3CC[C@@]4(C)C(=CCC5C4CC[C@@]4(C)C5CC[C@@H]4[C@H](C)CCCC(C)C)C3)[C@@H](NC(O)OC(C)(C)C)c3ccccc3)C(C)=C1C2(C)C. The average Bonchev–Trinajstić information content (AvgIpc) is 0.762. The van der Waals surface area contributed by atoms with E-state index < -0.39 is 131 Å². The lowest BCUT2D eigenvalue weighted by atomic mass is 9.44. The molecule has 2 aromatic rings. The Kier molecular flexibility index (Phi) is 20.7. The van der Waals surface area contributed by atoms with Gasteiger partial charge in [0, 0.05) is 58.0 Å². The van der Waals surface area contributed by atoms with E-state index in [0.717, 1.165) is 42.7 Å². The summed E-state index contributed by atoms with van der Waals surface area (Å²) in [5.41, 5.74) is -5.53. The van der Waals surface area contributed by atoms with E-state index in [2.05, 4.69) is 46.0 Å². The molecule has 5 saturated carbocycles. The van der Waals surface area contributed by atoms with Crippen LogP contribution < -0.4 is 5.32 Å². The second kappa shape index (κ2) is 27.4. The van der Waals surface area contributed by atoms with Gasteiger partial charge in [-0.1, -0.05) is 128 Å². The molecule has 20 atom stereocenters. The van der Waals surface area contributed by atoms with Gasteiger partial charge in [0.15, 0.2) is 11.4 Å². The van der Waals surface area contributed by atoms with Gasteiger partial charge < -0.3 is 52.8 Å². The van der Waals surface area contributed by atoms with Crippen LogP contribution in [0.3, 0.4) is 0 Å². The van der Waals surface area contributed by atoms with Crippen LogP contribution >= 0.6 is 0 Å². The van der Waals surface area contributed by atoms with E-state index in [0.29, 0.717) is 47.1 Å². The highest BCUT2D eigenvalue weighted by atomic mass is 16.6. The van der Waals surface area contributed by atoms with E-state index >= 15 is 9.59 Å². The number of carbonyl (C=O) groups excluding carboxylic acids is 6. The van der Waals surface area contributed by atoms with Crippen molar-refractivity contribution in [3.05, 3.63) is 107 Å². The maximum Gasteiger partial charge on any atom is 0.350 e. The van der Waals surface area contributed by atoms with Gasteiger partial charge in [0.1, 0.15) is 36.1 Å². The fourth-order valence-electron chi connectivity index (χ4n) is 19.5. The molecule has 10 rings (SSSR count). The normalized spacial score (nSPS) is 36.3. The number of methoxy groups -OCH3 is 2. The number of allylic oxidation sites excluding steroid dienone is 1. The number of esters is 5. The molecule has 6 fully saturated rings. The van der Waals surface area contributed by atoms with Gasteiger partial charge in [0.25, 0.3) is 0 Å². The topological polar surface area (TPSA) is 238 Å². The summed E-state index contributed by atoms with van der Waals surface area (Å²) in [5, 5.41) is 28.7. The van der Waals surface area contributed by atoms with Gasteiger partial charge in [-0.05, 0) is 155 Å². The molecule has 3 N–H and O–H groups in total. The zero-order valence-electron chi connectivity index (χ0n) is 58.2. The standard InChI is InChI=1S/C76H105NO17/c1-43(2)23-22-24-44(3)52-31-32-53-51-30-29-49-39-50(35-37-72(49,11)54(51)36-38-73(52,53)12)89-58(79)33-34-59(80)91-63(61(47-25-18-16-19-26-47)77-69(84)94-70(6,7)8)68(83)90-55-41-76(85)66(92-67(82)48-27-20-17-21-28-48)64-74(13,65(81)62(87-15)60(45(55)4)71(76,9)10)56(86-14)40-57-75(64,42-88-57)93-46(5)78/h16-21,25-29,33-34,43-44,50-57,61-64,66,69,77,84-85H,22-24,30-32,35-42H2,1-15H3/b34-33+/t44-,50+,51?,52-,53?,54?,55+,56+,57-,61+,62-,63-,64+,66+,69?,72+,73-,74-,75+,76-/m1/s1. The van der Waals surface area contributed by atoms with Crippen molar-refractivity contribution in [1.29, 1.82) is 0 Å². The maximum atomic E-state index is 16.0. The van der Waals surface area contributed by atoms with Gasteiger partial charge in [0.2, 0.25) is 12.5 Å². The van der Waals surface area contributed by atoms with Gasteiger partial charge in [0.05, 0.1) is 41.3 Å². The minimum absolute atomic E-state index is 0.0115. The predicted molar refractivity (Wildman–Crippen MR) is 350 cm³/mol. The lowest BCUT2D eigenvalue weighted by Gasteiger charge is -2.67. The number of fused-ring (bicyclic) bond motifs is 10. The first-order valence-electron chi connectivity index (χ1n) is 34.5. The summed E-state index contributed by atoms with van der Waals surface area (Å²) in [7, 11) is 2.79. The molecule has 2 bridgehead atoms. The van der Waals surface area contributed by atoms with Gasteiger partial charge in [-0.25, -0.2) is 19.2 Å². The molecule has 0 spiro atoms. The molecule has 7 aliphatic carbocycles. The van der Waals surface area contributed by atoms with E-state index in [-0.39, 0.29) is 29.6 Å². The van der Waals surface area contributed by atoms with E-state index in [1.54, 1.807) is 109 Å². The second-order valence-electron chi connectivity index (χ2n) is 31.4. The molecule has 18 nitrogen and oxygen atoms in total. The fraction of sp³-hybridized carbons (Fsp3) is 0.684. The van der Waals surface area contributed by atoms with Crippen molar-refractivity contribution in [2.24, 2.45) is 63.1 Å². The van der Waals surface area contributed by atoms with E-state index in [9.17, 15) is 29.4 Å². The highest BCUT2D eigenvalue weighted by Crippen LogP contribution is 2.69. The zero-order valence-corrected chi connectivity index (χ0v) is 58.2. The Labute approximate surface area is 556 Å². The van der Waals surface area contributed by atoms with Gasteiger partial charge in [-0.3, -0.25) is 14.9 Å². The Bertz CT molecular complexity index is 3220. The maximum absolute atomic E-state index is 16.0. The van der Waals surface area contributed by atoms with Crippen molar-refractivity contribution in [1.82, 2.24) is 5.32 Å². The van der Waals surface area contributed by atoms with Crippen molar-refractivity contribution in [2.75, 3.05) is 20.8 Å². The Balaban J connectivity index is 0.941. The Hall–Kier alpha value is -5.60. The quantitative estimate of drug-likeness (QED) is 0.0346. The Morgan fingerprint density at radius 1 is 0.830 bits per heavy atom. The number of hydrogen-bond acceptors (Lipinski definition) is 18. The zero-order chi connectivity index (χ0) is 68.3. The molecule has 18 heteroatoms. The molecule has 94 heavy (non-hydrogen) atoms. The van der Waals surface area contributed by atoms with E-state index in [1.807, 2.05) is 0 Å². The van der Waals surface area contributed by atoms with Crippen LogP contribution in [0.2, 0.25) is 0 Å². The average molecular weight is 1300 g/mol. The van der Waals surface area contributed by atoms with E-state index in [4.69, 9.17) is 42.6 Å². The number of Topliss-reactive ketones (excluding diaryl/α,β-unsaturated/α-hetero) is 1. The molecule has 0 amide bonds. The summed E-state index contributed by atoms with van der Waals surface area (Å²) in [5.74, 6) is -2.45. The third-order valence-corrected chi connectivity index (χ3v) is 24.3. The molecule has 2 aromatic carbocycles. The third kappa shape index (κ3) is 13.1. The lowest BCUT2D eigenvalue weighted by molar-refractivity contribution is -0.347. The molecule has 8 aliphatic rings.